The van der Waals surface area contributed by atoms with Gasteiger partial charge in [0, 0.05) is 11.7 Å². The summed E-state index contributed by atoms with van der Waals surface area (Å²) in [5.41, 5.74) is 5.26. The van der Waals surface area contributed by atoms with Crippen molar-refractivity contribution in [3.05, 3.63) is 59.4 Å². The predicted molar refractivity (Wildman–Crippen MR) is 91.6 cm³/mol. The highest BCUT2D eigenvalue weighted by molar-refractivity contribution is 5.97. The van der Waals surface area contributed by atoms with Crippen molar-refractivity contribution in [3.8, 4) is 0 Å². The summed E-state index contributed by atoms with van der Waals surface area (Å²) in [4.78, 5) is 22.4. The largest absolute Gasteiger partial charge is 0.342 e. The molecule has 0 spiro atoms. The van der Waals surface area contributed by atoms with Crippen LogP contribution in [0.25, 0.3) is 11.0 Å². The lowest BCUT2D eigenvalue weighted by Gasteiger charge is -2.22. The van der Waals surface area contributed by atoms with E-state index in [1.54, 1.807) is 0 Å². The van der Waals surface area contributed by atoms with Crippen LogP contribution < -0.4 is 4.90 Å². The van der Waals surface area contributed by atoms with E-state index in [0.717, 1.165) is 34.5 Å². The number of aryl methyl sites for hydroxylation is 1. The molecular formula is C19H19N3O. The van der Waals surface area contributed by atoms with Crippen molar-refractivity contribution >= 4 is 22.6 Å². The van der Waals surface area contributed by atoms with Crippen LogP contribution in [-0.2, 0) is 17.6 Å². The minimum Gasteiger partial charge on any atom is -0.342 e. The highest BCUT2D eigenvalue weighted by Gasteiger charge is 2.30. The molecule has 116 valence electrons. The van der Waals surface area contributed by atoms with Crippen LogP contribution in [0.3, 0.4) is 0 Å². The lowest BCUT2D eigenvalue weighted by Crippen LogP contribution is -2.36. The Labute approximate surface area is 135 Å². The number of nitrogens with one attached hydrogen (secondary N) is 1. The molecule has 4 nitrogen and oxygen atoms in total. The van der Waals surface area contributed by atoms with Crippen molar-refractivity contribution in [1.29, 1.82) is 0 Å². The Balaban J connectivity index is 1.61. The molecular weight excluding hydrogens is 286 g/mol. The fourth-order valence-electron chi connectivity index (χ4n) is 3.50. The Morgan fingerprint density at radius 1 is 1.30 bits per heavy atom. The Morgan fingerprint density at radius 2 is 2.13 bits per heavy atom. The topological polar surface area (TPSA) is 49.0 Å². The summed E-state index contributed by atoms with van der Waals surface area (Å²) in [6.45, 7) is 4.05. The SMILES string of the molecule is Cc1nc2ccc(CC(=O)N3c4ccccc4CC3C)cc2[nH]1. The third-order valence-corrected chi connectivity index (χ3v) is 4.50. The average molecular weight is 305 g/mol. The van der Waals surface area contributed by atoms with Gasteiger partial charge in [-0.1, -0.05) is 24.3 Å². The number of anilines is 1. The molecule has 1 aliphatic heterocycles. The molecule has 0 saturated carbocycles. The van der Waals surface area contributed by atoms with E-state index in [-0.39, 0.29) is 11.9 Å². The third-order valence-electron chi connectivity index (χ3n) is 4.50. The summed E-state index contributed by atoms with van der Waals surface area (Å²) in [5.74, 6) is 1.05. The molecule has 1 aromatic heterocycles. The number of amides is 1. The highest BCUT2D eigenvalue weighted by Crippen LogP contribution is 2.32. The summed E-state index contributed by atoms with van der Waals surface area (Å²) in [6, 6.07) is 14.4. The Hall–Kier alpha value is -2.62. The van der Waals surface area contributed by atoms with E-state index < -0.39 is 0 Å². The molecule has 0 radical (unpaired) electrons. The van der Waals surface area contributed by atoms with E-state index in [9.17, 15) is 4.79 Å². The van der Waals surface area contributed by atoms with Gasteiger partial charge in [0.2, 0.25) is 5.91 Å². The zero-order valence-corrected chi connectivity index (χ0v) is 13.3. The molecule has 2 aromatic carbocycles. The molecule has 23 heavy (non-hydrogen) atoms. The first-order valence-electron chi connectivity index (χ1n) is 7.97. The van der Waals surface area contributed by atoms with Crippen LogP contribution in [-0.4, -0.2) is 21.9 Å². The Kier molecular flexibility index (Phi) is 3.18. The van der Waals surface area contributed by atoms with Gasteiger partial charge in [0.1, 0.15) is 5.82 Å². The van der Waals surface area contributed by atoms with Gasteiger partial charge in [-0.15, -0.1) is 0 Å². The van der Waals surface area contributed by atoms with E-state index in [0.29, 0.717) is 6.42 Å². The number of hydrogen-bond donors (Lipinski definition) is 1. The first-order valence-corrected chi connectivity index (χ1v) is 7.97. The van der Waals surface area contributed by atoms with E-state index in [1.165, 1.54) is 5.56 Å². The number of hydrogen-bond acceptors (Lipinski definition) is 2. The van der Waals surface area contributed by atoms with Gasteiger partial charge in [-0.05, 0) is 49.6 Å². The standard InChI is InChI=1S/C19H19N3O/c1-12-9-15-5-3-4-6-18(15)22(12)19(23)11-14-7-8-16-17(10-14)21-13(2)20-16/h3-8,10,12H,9,11H2,1-2H3,(H,20,21). The molecule has 3 aromatic rings. The predicted octanol–water partition coefficient (Wildman–Crippen LogP) is 3.39. The molecule has 0 fully saturated rings. The van der Waals surface area contributed by atoms with Crippen molar-refractivity contribution in [2.75, 3.05) is 4.90 Å². The molecule has 1 N–H and O–H groups in total. The van der Waals surface area contributed by atoms with Crippen molar-refractivity contribution in [1.82, 2.24) is 9.97 Å². The maximum absolute atomic E-state index is 12.8. The zero-order valence-electron chi connectivity index (χ0n) is 13.3. The van der Waals surface area contributed by atoms with Crippen LogP contribution in [0, 0.1) is 6.92 Å². The number of para-hydroxylation sites is 1. The van der Waals surface area contributed by atoms with E-state index in [2.05, 4.69) is 23.0 Å². The monoisotopic (exact) mass is 305 g/mol. The number of imidazole rings is 1. The van der Waals surface area contributed by atoms with Crippen LogP contribution in [0.2, 0.25) is 0 Å². The van der Waals surface area contributed by atoms with Crippen molar-refractivity contribution in [2.24, 2.45) is 0 Å². The van der Waals surface area contributed by atoms with Gasteiger partial charge in [-0.2, -0.15) is 0 Å². The van der Waals surface area contributed by atoms with Gasteiger partial charge in [0.25, 0.3) is 0 Å². The van der Waals surface area contributed by atoms with Gasteiger partial charge in [-0.25, -0.2) is 4.98 Å². The molecule has 2 heterocycles. The molecule has 4 rings (SSSR count). The molecule has 1 aliphatic rings. The maximum atomic E-state index is 12.8. The number of carbonyl (C=O) groups is 1. The number of H-pyrrole nitrogens is 1. The van der Waals surface area contributed by atoms with Crippen LogP contribution in [0.1, 0.15) is 23.9 Å². The number of benzene rings is 2. The normalized spacial score (nSPS) is 16.8. The lowest BCUT2D eigenvalue weighted by molar-refractivity contribution is -0.118. The summed E-state index contributed by atoms with van der Waals surface area (Å²) >= 11 is 0. The van der Waals surface area contributed by atoms with Crippen LogP contribution in [0.5, 0.6) is 0 Å². The Bertz CT molecular complexity index is 897. The van der Waals surface area contributed by atoms with Crippen LogP contribution in [0.4, 0.5) is 5.69 Å². The number of nitrogens with zero attached hydrogens (tertiary/aromatic N) is 2. The first-order chi connectivity index (χ1) is 11.1. The van der Waals surface area contributed by atoms with Crippen molar-refractivity contribution < 1.29 is 4.79 Å². The smallest absolute Gasteiger partial charge is 0.231 e. The third kappa shape index (κ3) is 2.40. The van der Waals surface area contributed by atoms with Gasteiger partial charge in [0.05, 0.1) is 17.5 Å². The van der Waals surface area contributed by atoms with Crippen molar-refractivity contribution in [3.63, 3.8) is 0 Å². The minimum absolute atomic E-state index is 0.151. The van der Waals surface area contributed by atoms with E-state index in [4.69, 9.17) is 0 Å². The zero-order chi connectivity index (χ0) is 16.0. The molecule has 1 unspecified atom stereocenters. The molecule has 1 amide bonds. The number of aromatic nitrogens is 2. The number of carbonyl (C=O) groups excluding carboxylic acids is 1. The summed E-state index contributed by atoms with van der Waals surface area (Å²) in [7, 11) is 0. The lowest BCUT2D eigenvalue weighted by atomic mass is 10.1. The number of aromatic amines is 1. The molecule has 0 aliphatic carbocycles. The highest BCUT2D eigenvalue weighted by atomic mass is 16.2. The first kappa shape index (κ1) is 14.0. The maximum Gasteiger partial charge on any atom is 0.231 e. The average Bonchev–Trinajstić information content (AvgIpc) is 3.04. The van der Waals surface area contributed by atoms with Gasteiger partial charge in [0.15, 0.2) is 0 Å². The van der Waals surface area contributed by atoms with Crippen LogP contribution >= 0.6 is 0 Å². The summed E-state index contributed by atoms with van der Waals surface area (Å²) in [5, 5.41) is 0. The second-order valence-corrected chi connectivity index (χ2v) is 6.30. The van der Waals surface area contributed by atoms with Gasteiger partial charge in [-0.3, -0.25) is 4.79 Å². The van der Waals surface area contributed by atoms with E-state index >= 15 is 0 Å². The quantitative estimate of drug-likeness (QED) is 0.789. The number of fused-ring (bicyclic) bond motifs is 2. The molecule has 4 heteroatoms. The molecule has 1 atom stereocenters. The molecule has 0 saturated heterocycles. The van der Waals surface area contributed by atoms with Gasteiger partial charge >= 0.3 is 0 Å². The number of rotatable bonds is 2. The Morgan fingerprint density at radius 3 is 3.00 bits per heavy atom. The van der Waals surface area contributed by atoms with Crippen LogP contribution in [0.15, 0.2) is 42.5 Å². The van der Waals surface area contributed by atoms with Crippen molar-refractivity contribution in [2.45, 2.75) is 32.7 Å². The second kappa shape index (κ2) is 5.23. The fraction of sp³-hybridized carbons (Fsp3) is 0.263. The van der Waals surface area contributed by atoms with Gasteiger partial charge < -0.3 is 9.88 Å². The van der Waals surface area contributed by atoms with E-state index in [1.807, 2.05) is 48.2 Å². The summed E-state index contributed by atoms with van der Waals surface area (Å²) < 4.78 is 0. The molecule has 0 bridgehead atoms. The summed E-state index contributed by atoms with van der Waals surface area (Å²) in [6.07, 6.45) is 1.34. The fourth-order valence-corrected chi connectivity index (χ4v) is 3.50. The minimum atomic E-state index is 0.151. The second-order valence-electron chi connectivity index (χ2n) is 6.30.